The molecule has 1 amide bonds. The van der Waals surface area contributed by atoms with Gasteiger partial charge in [0, 0.05) is 11.3 Å². The number of hydrogen-bond acceptors (Lipinski definition) is 9. The van der Waals surface area contributed by atoms with Gasteiger partial charge in [-0.2, -0.15) is 0 Å². The third-order valence-electron chi connectivity index (χ3n) is 6.66. The Kier molecular flexibility index (Phi) is 9.19. The number of carbonyl (C=O) groups is 2. The fourth-order valence-corrected chi connectivity index (χ4v) is 6.36. The number of nitrogens with zero attached hydrogens (tertiary/aromatic N) is 3. The zero-order valence-electron chi connectivity index (χ0n) is 23.0. The van der Waals surface area contributed by atoms with Crippen LogP contribution in [0.15, 0.2) is 82.7 Å². The van der Waals surface area contributed by atoms with Crippen molar-refractivity contribution in [2.45, 2.75) is 35.9 Å². The van der Waals surface area contributed by atoms with Crippen molar-refractivity contribution in [2.75, 3.05) is 18.6 Å². The molecule has 0 radical (unpaired) electrons. The number of hydrogen-bond donors (Lipinski definition) is 1. The maximum atomic E-state index is 14.1. The van der Waals surface area contributed by atoms with E-state index in [4.69, 9.17) is 9.47 Å². The van der Waals surface area contributed by atoms with Crippen molar-refractivity contribution in [3.8, 4) is 11.5 Å². The van der Waals surface area contributed by atoms with E-state index in [1.54, 1.807) is 66.7 Å². The van der Waals surface area contributed by atoms with Crippen LogP contribution in [0.1, 0.15) is 42.5 Å². The number of aliphatic hydroxyl groups is 1. The largest absolute Gasteiger partial charge is 0.507 e. The lowest BCUT2D eigenvalue weighted by molar-refractivity contribution is -0.132. The fourth-order valence-electron chi connectivity index (χ4n) is 4.51. The molecule has 42 heavy (non-hydrogen) atoms. The van der Waals surface area contributed by atoms with E-state index < -0.39 is 17.7 Å². The molecule has 0 aliphatic carbocycles. The number of carbonyl (C=O) groups excluding carboxylic acids is 2. The van der Waals surface area contributed by atoms with Gasteiger partial charge in [-0.3, -0.25) is 14.5 Å². The smallest absolute Gasteiger partial charge is 0.301 e. The molecular weight excluding hydrogens is 577 g/mol. The van der Waals surface area contributed by atoms with Gasteiger partial charge >= 0.3 is 5.91 Å². The van der Waals surface area contributed by atoms with Gasteiger partial charge in [-0.25, -0.2) is 4.39 Å². The summed E-state index contributed by atoms with van der Waals surface area (Å²) in [6, 6.07) is 19.2. The Morgan fingerprint density at radius 2 is 1.81 bits per heavy atom. The van der Waals surface area contributed by atoms with E-state index in [1.165, 1.54) is 29.8 Å². The molecule has 1 atom stereocenters. The van der Waals surface area contributed by atoms with Crippen LogP contribution in [0.4, 0.5) is 9.52 Å². The van der Waals surface area contributed by atoms with Crippen LogP contribution >= 0.6 is 23.1 Å². The van der Waals surface area contributed by atoms with Gasteiger partial charge in [0.25, 0.3) is 5.78 Å². The van der Waals surface area contributed by atoms with Crippen LogP contribution in [-0.2, 0) is 15.3 Å². The summed E-state index contributed by atoms with van der Waals surface area (Å²) in [6.07, 6.45) is 1.84. The van der Waals surface area contributed by atoms with Gasteiger partial charge in [-0.1, -0.05) is 91.0 Å². The van der Waals surface area contributed by atoms with Crippen LogP contribution in [0.25, 0.3) is 5.76 Å². The van der Waals surface area contributed by atoms with Gasteiger partial charge in [-0.15, -0.1) is 10.2 Å². The molecule has 1 saturated heterocycles. The van der Waals surface area contributed by atoms with Crippen molar-refractivity contribution >= 4 is 45.7 Å². The van der Waals surface area contributed by atoms with Crippen molar-refractivity contribution in [1.29, 1.82) is 0 Å². The Bertz CT molecular complexity index is 1630. The molecule has 0 spiro atoms. The molecule has 1 fully saturated rings. The molecular formula is C31H28FN3O5S2. The SMILES string of the molecule is CCCCOc1ccc(C2/C(=C(/O)c3ccccc3)C(=O)C(=O)N2c2nnc(SCc3ccccc3F)s2)cc1OC. The monoisotopic (exact) mass is 605 g/mol. The summed E-state index contributed by atoms with van der Waals surface area (Å²) < 4.78 is 26.1. The van der Waals surface area contributed by atoms with E-state index in [0.717, 1.165) is 24.2 Å². The van der Waals surface area contributed by atoms with E-state index in [0.29, 0.717) is 44.9 Å². The quantitative estimate of drug-likeness (QED) is 0.0499. The summed E-state index contributed by atoms with van der Waals surface area (Å²) in [5.41, 5.74) is 1.34. The van der Waals surface area contributed by atoms with Crippen molar-refractivity contribution in [2.24, 2.45) is 0 Å². The normalized spacial score (nSPS) is 16.2. The predicted octanol–water partition coefficient (Wildman–Crippen LogP) is 6.78. The number of aliphatic hydroxyl groups excluding tert-OH is 1. The minimum Gasteiger partial charge on any atom is -0.507 e. The molecule has 5 rings (SSSR count). The highest BCUT2D eigenvalue weighted by atomic mass is 32.2. The number of amides is 1. The first-order valence-corrected chi connectivity index (χ1v) is 15.1. The molecule has 2 heterocycles. The first kappa shape index (κ1) is 29.3. The molecule has 216 valence electrons. The number of thioether (sulfide) groups is 1. The Hall–Kier alpha value is -4.22. The van der Waals surface area contributed by atoms with Crippen molar-refractivity contribution in [1.82, 2.24) is 10.2 Å². The number of ketones is 1. The van der Waals surface area contributed by atoms with E-state index in [-0.39, 0.29) is 22.3 Å². The van der Waals surface area contributed by atoms with Crippen LogP contribution in [0, 0.1) is 5.82 Å². The average molecular weight is 606 g/mol. The number of halogens is 1. The van der Waals surface area contributed by atoms with E-state index in [2.05, 4.69) is 17.1 Å². The van der Waals surface area contributed by atoms with Crippen LogP contribution in [0.5, 0.6) is 11.5 Å². The minimum absolute atomic E-state index is 0.0799. The lowest BCUT2D eigenvalue weighted by Crippen LogP contribution is -2.29. The van der Waals surface area contributed by atoms with Gasteiger partial charge in [0.15, 0.2) is 15.8 Å². The number of anilines is 1. The highest BCUT2D eigenvalue weighted by Crippen LogP contribution is 2.45. The number of methoxy groups -OCH3 is 1. The summed E-state index contributed by atoms with van der Waals surface area (Å²) in [7, 11) is 1.51. The van der Waals surface area contributed by atoms with Crippen molar-refractivity contribution in [3.05, 3.63) is 101 Å². The number of unbranched alkanes of at least 4 members (excludes halogenated alkanes) is 1. The lowest BCUT2D eigenvalue weighted by atomic mass is 9.95. The predicted molar refractivity (Wildman–Crippen MR) is 160 cm³/mol. The standard InChI is InChI=1S/C31H28FN3O5S2/c1-3-4-16-40-23-15-14-20(17-24(23)39-2)26-25(27(36)19-10-6-5-7-11-19)28(37)29(38)35(26)30-33-34-31(42-30)41-18-21-12-8-9-13-22(21)32/h5-15,17,26,36H,3-4,16,18H2,1-2H3/b27-25-. The Morgan fingerprint density at radius 1 is 1.05 bits per heavy atom. The molecule has 0 saturated carbocycles. The van der Waals surface area contributed by atoms with Gasteiger partial charge in [-0.05, 0) is 35.7 Å². The molecule has 3 aromatic carbocycles. The third kappa shape index (κ3) is 6.02. The van der Waals surface area contributed by atoms with E-state index >= 15 is 0 Å². The Labute approximate surface area is 250 Å². The van der Waals surface area contributed by atoms with Gasteiger partial charge < -0.3 is 14.6 Å². The summed E-state index contributed by atoms with van der Waals surface area (Å²) in [4.78, 5) is 28.2. The first-order valence-electron chi connectivity index (χ1n) is 13.3. The number of aromatic nitrogens is 2. The Balaban J connectivity index is 1.55. The van der Waals surface area contributed by atoms with Gasteiger partial charge in [0.05, 0.1) is 25.3 Å². The third-order valence-corrected chi connectivity index (χ3v) is 8.77. The van der Waals surface area contributed by atoms with E-state index in [9.17, 15) is 19.1 Å². The second-order valence-electron chi connectivity index (χ2n) is 9.38. The second-order valence-corrected chi connectivity index (χ2v) is 11.6. The molecule has 1 N–H and O–H groups in total. The minimum atomic E-state index is -1.01. The summed E-state index contributed by atoms with van der Waals surface area (Å²) in [5, 5.41) is 19.9. The summed E-state index contributed by atoms with van der Waals surface area (Å²) in [5.74, 6) is -1.06. The van der Waals surface area contributed by atoms with Crippen molar-refractivity contribution < 1.29 is 28.6 Å². The topological polar surface area (TPSA) is 102 Å². The van der Waals surface area contributed by atoms with Crippen LogP contribution in [0.3, 0.4) is 0 Å². The van der Waals surface area contributed by atoms with Crippen molar-refractivity contribution in [3.63, 3.8) is 0 Å². The van der Waals surface area contributed by atoms with Gasteiger partial charge in [0.2, 0.25) is 5.13 Å². The zero-order valence-corrected chi connectivity index (χ0v) is 24.6. The molecule has 1 aromatic heterocycles. The highest BCUT2D eigenvalue weighted by molar-refractivity contribution is 8.00. The summed E-state index contributed by atoms with van der Waals surface area (Å²) >= 11 is 2.38. The number of ether oxygens (including phenoxy) is 2. The van der Waals surface area contributed by atoms with Crippen LogP contribution in [-0.4, -0.2) is 40.7 Å². The van der Waals surface area contributed by atoms with Gasteiger partial charge in [0.1, 0.15) is 11.6 Å². The zero-order chi connectivity index (χ0) is 29.6. The molecule has 8 nitrogen and oxygen atoms in total. The second kappa shape index (κ2) is 13.2. The van der Waals surface area contributed by atoms with E-state index in [1.807, 2.05) is 0 Å². The number of benzene rings is 3. The average Bonchev–Trinajstić information content (AvgIpc) is 3.58. The Morgan fingerprint density at radius 3 is 2.55 bits per heavy atom. The fraction of sp³-hybridized carbons (Fsp3) is 0.226. The highest BCUT2D eigenvalue weighted by Gasteiger charge is 2.48. The lowest BCUT2D eigenvalue weighted by Gasteiger charge is -2.23. The molecule has 1 aliphatic rings. The van der Waals surface area contributed by atoms with Crippen LogP contribution in [0.2, 0.25) is 0 Å². The molecule has 0 bridgehead atoms. The van der Waals surface area contributed by atoms with Crippen LogP contribution < -0.4 is 14.4 Å². The first-order chi connectivity index (χ1) is 20.4. The maximum absolute atomic E-state index is 14.1. The molecule has 1 unspecified atom stereocenters. The number of rotatable bonds is 11. The summed E-state index contributed by atoms with van der Waals surface area (Å²) in [6.45, 7) is 2.58. The maximum Gasteiger partial charge on any atom is 0.301 e. The molecule has 1 aliphatic heterocycles. The molecule has 4 aromatic rings. The number of Topliss-reactive ketones (excluding diaryl/α,β-unsaturated/α-hetero) is 1. The molecule has 11 heteroatoms.